The van der Waals surface area contributed by atoms with Crippen LogP contribution in [0.1, 0.15) is 24.0 Å². The number of rotatable bonds is 10. The summed E-state index contributed by atoms with van der Waals surface area (Å²) < 4.78 is 57.1. The molecule has 0 fully saturated rings. The van der Waals surface area contributed by atoms with Crippen molar-refractivity contribution in [3.63, 3.8) is 0 Å². The van der Waals surface area contributed by atoms with Gasteiger partial charge in [0.25, 0.3) is 5.56 Å². The van der Waals surface area contributed by atoms with Crippen molar-refractivity contribution in [3.8, 4) is 6.01 Å². The van der Waals surface area contributed by atoms with Gasteiger partial charge in [-0.2, -0.15) is 4.98 Å². The lowest BCUT2D eigenvalue weighted by Gasteiger charge is -2.17. The van der Waals surface area contributed by atoms with E-state index in [1.807, 2.05) is 31.2 Å². The average Bonchev–Trinajstić information content (AvgIpc) is 3.19. The molecule has 1 aliphatic carbocycles. The first-order chi connectivity index (χ1) is 18.1. The number of aromatic nitrogens is 4. The van der Waals surface area contributed by atoms with Gasteiger partial charge in [-0.25, -0.2) is 4.79 Å². The molecule has 0 spiro atoms. The number of halogens is 3. The maximum atomic E-state index is 13.5. The lowest BCUT2D eigenvalue weighted by molar-refractivity contribution is -0.303. The molecule has 0 aliphatic heterocycles. The Labute approximate surface area is 214 Å². The molecule has 4 rings (SSSR count). The molecule has 0 radical (unpaired) electrons. The monoisotopic (exact) mass is 536 g/mol. The maximum Gasteiger partial charge on any atom is 0.573 e. The Morgan fingerprint density at radius 3 is 2.66 bits per heavy atom. The zero-order valence-electron chi connectivity index (χ0n) is 20.8. The van der Waals surface area contributed by atoms with Crippen molar-refractivity contribution in [1.82, 2.24) is 18.7 Å². The van der Waals surface area contributed by atoms with E-state index in [0.29, 0.717) is 0 Å². The Hall–Kier alpha value is -3.84. The summed E-state index contributed by atoms with van der Waals surface area (Å²) in [6.07, 6.45) is -1.90. The summed E-state index contributed by atoms with van der Waals surface area (Å²) in [4.78, 5) is 30.9. The topological polar surface area (TPSA) is 110 Å². The number of aliphatic hydroxyl groups excluding tert-OH is 1. The number of aryl methyl sites for hydroxylation is 2. The molecule has 13 heteroatoms. The molecule has 3 aromatic rings. The van der Waals surface area contributed by atoms with E-state index in [1.165, 1.54) is 22.3 Å². The lowest BCUT2D eigenvalue weighted by Crippen LogP contribution is -2.40. The van der Waals surface area contributed by atoms with Crippen LogP contribution < -0.4 is 16.0 Å². The van der Waals surface area contributed by atoms with Crippen molar-refractivity contribution in [1.29, 1.82) is 0 Å². The highest BCUT2D eigenvalue weighted by atomic mass is 19.4. The van der Waals surface area contributed by atoms with Gasteiger partial charge in [0.2, 0.25) is 0 Å². The van der Waals surface area contributed by atoms with E-state index in [4.69, 9.17) is 14.6 Å². The number of aliphatic hydroxyl groups is 1. The Morgan fingerprint density at radius 2 is 1.95 bits per heavy atom. The average molecular weight is 537 g/mol. The number of alkyl halides is 3. The van der Waals surface area contributed by atoms with Crippen LogP contribution in [0.25, 0.3) is 11.2 Å². The minimum atomic E-state index is -4.85. The van der Waals surface area contributed by atoms with Crippen LogP contribution in [0.4, 0.5) is 13.2 Å². The lowest BCUT2D eigenvalue weighted by atomic mass is 10.1. The molecule has 0 bridgehead atoms. The van der Waals surface area contributed by atoms with Gasteiger partial charge in [0.15, 0.2) is 11.2 Å². The summed E-state index contributed by atoms with van der Waals surface area (Å²) in [6, 6.07) is 7.48. The van der Waals surface area contributed by atoms with Gasteiger partial charge in [-0.3, -0.25) is 18.5 Å². The molecule has 38 heavy (non-hydrogen) atoms. The van der Waals surface area contributed by atoms with Crippen LogP contribution in [0.5, 0.6) is 6.01 Å². The number of benzene rings is 1. The number of ether oxygens (including phenoxy) is 3. The van der Waals surface area contributed by atoms with E-state index < -0.39 is 23.4 Å². The van der Waals surface area contributed by atoms with Crippen LogP contribution in [0, 0.1) is 6.92 Å². The molecule has 1 aliphatic rings. The van der Waals surface area contributed by atoms with Crippen molar-refractivity contribution in [2.45, 2.75) is 39.2 Å². The number of hydrogen-bond acceptors (Lipinski definition) is 7. The van der Waals surface area contributed by atoms with Crippen molar-refractivity contribution in [3.05, 3.63) is 79.9 Å². The molecule has 0 atom stereocenters. The first-order valence-electron chi connectivity index (χ1n) is 11.9. The highest BCUT2D eigenvalue weighted by Crippen LogP contribution is 2.29. The fraction of sp³-hybridized carbons (Fsp3) is 0.400. The molecular formula is C25H27F3N4O6. The fourth-order valence-corrected chi connectivity index (χ4v) is 4.14. The van der Waals surface area contributed by atoms with E-state index in [9.17, 15) is 22.8 Å². The van der Waals surface area contributed by atoms with E-state index in [0.717, 1.165) is 21.8 Å². The van der Waals surface area contributed by atoms with Gasteiger partial charge >= 0.3 is 18.1 Å². The van der Waals surface area contributed by atoms with Gasteiger partial charge in [0.1, 0.15) is 11.5 Å². The van der Waals surface area contributed by atoms with Crippen LogP contribution in [0.3, 0.4) is 0 Å². The standard InChI is InChI=1S/C25H27F3N4O6/c1-16-5-3-6-17(13-16)15-32-20-21(30(2)24(35)31(22(20)34)9-11-36-12-10-33)29-23(32)37-18-7-4-8-19(14-18)38-25(26,27)28/h3,5-6,8,13-14,33H,4,7,9-12,15H2,1-2H3. The van der Waals surface area contributed by atoms with E-state index in [-0.39, 0.29) is 68.7 Å². The second kappa shape index (κ2) is 11.3. The number of fused-ring (bicyclic) bond motifs is 1. The fourth-order valence-electron chi connectivity index (χ4n) is 4.14. The summed E-state index contributed by atoms with van der Waals surface area (Å²) in [5.74, 6) is -0.243. The van der Waals surface area contributed by atoms with Crippen molar-refractivity contribution >= 4 is 11.2 Å². The summed E-state index contributed by atoms with van der Waals surface area (Å²) >= 11 is 0. The molecule has 0 saturated heterocycles. The Morgan fingerprint density at radius 1 is 1.16 bits per heavy atom. The zero-order chi connectivity index (χ0) is 27.4. The SMILES string of the molecule is Cc1cccc(Cn2c(OC3=CC(OC(F)(F)F)=CCC3)nc3c2c(=O)n(CCOCCO)c(=O)n3C)c1. The number of allylic oxidation sites excluding steroid dienone is 3. The Balaban J connectivity index is 1.81. The van der Waals surface area contributed by atoms with Gasteiger partial charge in [0.05, 0.1) is 32.9 Å². The number of hydrogen-bond donors (Lipinski definition) is 1. The predicted octanol–water partition coefficient (Wildman–Crippen LogP) is 2.74. The highest BCUT2D eigenvalue weighted by molar-refractivity contribution is 5.72. The van der Waals surface area contributed by atoms with Crippen LogP contribution in [0.15, 0.2) is 57.5 Å². The minimum Gasteiger partial charge on any atom is -0.430 e. The minimum absolute atomic E-state index is 0.0256. The first-order valence-corrected chi connectivity index (χ1v) is 11.9. The largest absolute Gasteiger partial charge is 0.573 e. The smallest absolute Gasteiger partial charge is 0.430 e. The summed E-state index contributed by atoms with van der Waals surface area (Å²) in [7, 11) is 1.46. The van der Waals surface area contributed by atoms with Crippen LogP contribution in [-0.4, -0.2) is 50.0 Å². The van der Waals surface area contributed by atoms with Gasteiger partial charge < -0.3 is 19.3 Å². The molecule has 1 N–H and O–H groups in total. The molecule has 1 aromatic carbocycles. The summed E-state index contributed by atoms with van der Waals surface area (Å²) in [5, 5.41) is 8.91. The maximum absolute atomic E-state index is 13.5. The number of nitrogens with zero attached hydrogens (tertiary/aromatic N) is 4. The van der Waals surface area contributed by atoms with Crippen LogP contribution in [0.2, 0.25) is 0 Å². The van der Waals surface area contributed by atoms with Crippen LogP contribution in [-0.2, 0) is 29.6 Å². The molecule has 204 valence electrons. The Bertz CT molecular complexity index is 1500. The molecule has 0 unspecified atom stereocenters. The second-order valence-electron chi connectivity index (χ2n) is 8.68. The molecule has 10 nitrogen and oxygen atoms in total. The molecule has 2 heterocycles. The van der Waals surface area contributed by atoms with Gasteiger partial charge in [-0.05, 0) is 25.0 Å². The van der Waals surface area contributed by atoms with Gasteiger partial charge in [-0.15, -0.1) is 13.2 Å². The summed E-state index contributed by atoms with van der Waals surface area (Å²) in [5.41, 5.74) is 0.707. The third-order valence-corrected chi connectivity index (χ3v) is 5.81. The van der Waals surface area contributed by atoms with Gasteiger partial charge in [-0.1, -0.05) is 29.8 Å². The van der Waals surface area contributed by atoms with E-state index in [1.54, 1.807) is 0 Å². The second-order valence-corrected chi connectivity index (χ2v) is 8.68. The van der Waals surface area contributed by atoms with E-state index in [2.05, 4.69) is 9.72 Å². The predicted molar refractivity (Wildman–Crippen MR) is 131 cm³/mol. The third-order valence-electron chi connectivity index (χ3n) is 5.81. The summed E-state index contributed by atoms with van der Waals surface area (Å²) in [6.45, 7) is 1.90. The van der Waals surface area contributed by atoms with Crippen LogP contribution >= 0.6 is 0 Å². The van der Waals surface area contributed by atoms with Crippen molar-refractivity contribution in [2.24, 2.45) is 7.05 Å². The normalized spacial score (nSPS) is 13.9. The quantitative estimate of drug-likeness (QED) is 0.397. The molecule has 2 aromatic heterocycles. The molecule has 0 amide bonds. The van der Waals surface area contributed by atoms with Gasteiger partial charge in [0, 0.05) is 19.5 Å². The van der Waals surface area contributed by atoms with Crippen molar-refractivity contribution in [2.75, 3.05) is 19.8 Å². The highest BCUT2D eigenvalue weighted by Gasteiger charge is 2.32. The molecule has 0 saturated carbocycles. The Kier molecular flexibility index (Phi) is 8.07. The zero-order valence-corrected chi connectivity index (χ0v) is 20.8. The third kappa shape index (κ3) is 6.17. The number of imidazole rings is 1. The van der Waals surface area contributed by atoms with E-state index >= 15 is 0 Å². The first kappa shape index (κ1) is 27.2. The molecular weight excluding hydrogens is 509 g/mol. The van der Waals surface area contributed by atoms with Crippen molar-refractivity contribution < 1.29 is 32.5 Å².